The van der Waals surface area contributed by atoms with E-state index in [-0.39, 0.29) is 16.2 Å². The molecule has 0 aliphatic heterocycles. The molecule has 18 rings (SSSR count). The van der Waals surface area contributed by atoms with Gasteiger partial charge in [-0.2, -0.15) is 0 Å². The van der Waals surface area contributed by atoms with Crippen LogP contribution in [-0.4, -0.2) is 15.0 Å². The van der Waals surface area contributed by atoms with E-state index in [0.717, 1.165) is 50.8 Å². The lowest BCUT2D eigenvalue weighted by Gasteiger charge is -2.27. The molecule has 0 spiro atoms. The summed E-state index contributed by atoms with van der Waals surface area (Å²) < 4.78 is 0. The fourth-order valence-corrected chi connectivity index (χ4v) is 15.7. The van der Waals surface area contributed by atoms with Crippen LogP contribution in [0.5, 0.6) is 0 Å². The third kappa shape index (κ3) is 10.0. The van der Waals surface area contributed by atoms with Crippen LogP contribution in [0.1, 0.15) is 74.9 Å². The SMILES string of the molecule is CC1(C)c2ccccc2-c2ccc(-c3nc(-c4ccc5c(c4)C(C)(C)c4ccccc4-5)nc(-c4ccc5c(c4)C(C)(C)c4ccccc4-5)n3)cc21.c1ccc(N(c2ccc(-c3ccc(N(c4ccccc4)c4cccc5ccccc45)cc3)cc2)c2cccc3ccccc23)cc1. The van der Waals surface area contributed by atoms with Crippen molar-refractivity contribution in [3.8, 4) is 78.7 Å². The minimum absolute atomic E-state index is 0.123. The van der Waals surface area contributed by atoms with Crippen LogP contribution in [0.2, 0.25) is 0 Å². The molecule has 5 heteroatoms. The second-order valence-corrected chi connectivity index (χ2v) is 27.5. The van der Waals surface area contributed by atoms with Gasteiger partial charge in [-0.25, -0.2) is 15.0 Å². The van der Waals surface area contributed by atoms with Crippen molar-refractivity contribution >= 4 is 55.7 Å². The number of hydrogen-bond donors (Lipinski definition) is 0. The van der Waals surface area contributed by atoms with Crippen molar-refractivity contribution in [1.29, 1.82) is 0 Å². The van der Waals surface area contributed by atoms with Gasteiger partial charge in [0, 0.05) is 66.5 Å². The zero-order chi connectivity index (χ0) is 65.6. The van der Waals surface area contributed by atoms with Gasteiger partial charge in [0.2, 0.25) is 0 Å². The zero-order valence-corrected chi connectivity index (χ0v) is 55.3. The Balaban J connectivity index is 0.000000147. The van der Waals surface area contributed by atoms with Crippen LogP contribution < -0.4 is 9.80 Å². The van der Waals surface area contributed by atoms with Crippen LogP contribution in [0.4, 0.5) is 34.1 Å². The largest absolute Gasteiger partial charge is 0.310 e. The highest BCUT2D eigenvalue weighted by molar-refractivity contribution is 6.01. The van der Waals surface area contributed by atoms with Gasteiger partial charge in [0.05, 0.1) is 11.4 Å². The molecule has 5 nitrogen and oxygen atoms in total. The Hall–Kier alpha value is -11.8. The maximum atomic E-state index is 5.26. The van der Waals surface area contributed by atoms with Gasteiger partial charge >= 0.3 is 0 Å². The zero-order valence-electron chi connectivity index (χ0n) is 55.3. The van der Waals surface area contributed by atoms with Crippen molar-refractivity contribution in [2.75, 3.05) is 9.80 Å². The first-order valence-corrected chi connectivity index (χ1v) is 33.7. The van der Waals surface area contributed by atoms with Crippen molar-refractivity contribution in [3.05, 3.63) is 355 Å². The fraction of sp³-hybridized carbons (Fsp3) is 0.0978. The molecule has 0 saturated heterocycles. The van der Waals surface area contributed by atoms with Crippen LogP contribution in [-0.2, 0) is 16.2 Å². The standard InChI is InChI=1S/C48H39N3.C44H32N2/c1-46(2)37-16-10-7-13-31(37)34-22-19-28(25-40(34)46)43-49-44(29-20-23-35-32-14-8-11-17-38(32)47(3,4)41(35)26-29)51-45(50-43)30-21-24-36-33-15-9-12-18-39(33)48(5,6)42(36)27-30;1-3-17-37(18-4-1)45(43-23-11-15-35-13-7-9-21-41(35)43)39-29-25-33(26-30-39)34-27-31-40(32-28-34)46(38-19-5-2-6-20-38)44-24-12-16-36-14-8-10-22-42(36)44/h7-27H,1-6H3;1-32H. The molecule has 0 saturated carbocycles. The number of rotatable bonds is 10. The molecule has 3 aliphatic carbocycles. The monoisotopic (exact) mass is 1250 g/mol. The Bertz CT molecular complexity index is 5080. The van der Waals surface area contributed by atoms with E-state index in [1.807, 2.05) is 0 Å². The molecule has 1 aromatic heterocycles. The van der Waals surface area contributed by atoms with Crippen molar-refractivity contribution < 1.29 is 0 Å². The predicted molar refractivity (Wildman–Crippen MR) is 405 cm³/mol. The summed E-state index contributed by atoms with van der Waals surface area (Å²) >= 11 is 0. The minimum Gasteiger partial charge on any atom is -0.310 e. The summed E-state index contributed by atoms with van der Waals surface area (Å²) in [5.41, 5.74) is 27.6. The second kappa shape index (κ2) is 23.3. The summed E-state index contributed by atoms with van der Waals surface area (Å²) in [5.74, 6) is 2.07. The summed E-state index contributed by atoms with van der Waals surface area (Å²) in [7, 11) is 0. The maximum absolute atomic E-state index is 5.26. The van der Waals surface area contributed by atoms with Gasteiger partial charge in [0.25, 0.3) is 0 Å². The topological polar surface area (TPSA) is 45.2 Å². The van der Waals surface area contributed by atoms with Gasteiger partial charge in [-0.1, -0.05) is 284 Å². The van der Waals surface area contributed by atoms with Gasteiger partial charge in [-0.15, -0.1) is 0 Å². The summed E-state index contributed by atoms with van der Waals surface area (Å²) in [6, 6.07) is 116. The van der Waals surface area contributed by atoms with Crippen molar-refractivity contribution in [2.45, 2.75) is 57.8 Å². The molecular formula is C92H71N5. The normalized spacial score (nSPS) is 13.7. The van der Waals surface area contributed by atoms with E-state index >= 15 is 0 Å². The van der Waals surface area contributed by atoms with Gasteiger partial charge in [0.1, 0.15) is 0 Å². The van der Waals surface area contributed by atoms with E-state index < -0.39 is 0 Å². The molecule has 0 fully saturated rings. The molecule has 0 atom stereocenters. The molecule has 1 heterocycles. The first-order chi connectivity index (χ1) is 47.4. The Morgan fingerprint density at radius 1 is 0.216 bits per heavy atom. The number of para-hydroxylation sites is 2. The Morgan fingerprint density at radius 2 is 0.485 bits per heavy atom. The molecule has 97 heavy (non-hydrogen) atoms. The van der Waals surface area contributed by atoms with Crippen molar-refractivity contribution in [1.82, 2.24) is 15.0 Å². The molecule has 15 aromatic rings. The molecule has 0 N–H and O–H groups in total. The lowest BCUT2D eigenvalue weighted by molar-refractivity contribution is 0.660. The second-order valence-electron chi connectivity index (χ2n) is 27.5. The van der Waals surface area contributed by atoms with E-state index in [1.54, 1.807) is 0 Å². The number of benzene rings is 14. The smallest absolute Gasteiger partial charge is 0.164 e. The van der Waals surface area contributed by atoms with Crippen molar-refractivity contribution in [3.63, 3.8) is 0 Å². The minimum atomic E-state index is -0.123. The van der Waals surface area contributed by atoms with Gasteiger partial charge in [-0.3, -0.25) is 0 Å². The Morgan fingerprint density at radius 3 is 0.835 bits per heavy atom. The average Bonchev–Trinajstić information content (AvgIpc) is 1.60. The number of nitrogens with zero attached hydrogens (tertiary/aromatic N) is 5. The molecule has 14 aromatic carbocycles. The lowest BCUT2D eigenvalue weighted by Crippen LogP contribution is -2.15. The van der Waals surface area contributed by atoms with Crippen molar-refractivity contribution in [2.24, 2.45) is 0 Å². The van der Waals surface area contributed by atoms with E-state index in [0.29, 0.717) is 17.5 Å². The number of fused-ring (bicyclic) bond motifs is 11. The molecular weight excluding hydrogens is 1180 g/mol. The van der Waals surface area contributed by atoms with Crippen LogP contribution >= 0.6 is 0 Å². The van der Waals surface area contributed by atoms with E-state index in [1.165, 1.54) is 99.4 Å². The highest BCUT2D eigenvalue weighted by Crippen LogP contribution is 2.53. The number of anilines is 6. The highest BCUT2D eigenvalue weighted by Gasteiger charge is 2.39. The Kier molecular flexibility index (Phi) is 14.2. The van der Waals surface area contributed by atoms with Gasteiger partial charge < -0.3 is 9.80 Å². The summed E-state index contributed by atoms with van der Waals surface area (Å²) in [6.07, 6.45) is 0. The Labute approximate surface area is 568 Å². The number of aromatic nitrogens is 3. The van der Waals surface area contributed by atoms with Crippen LogP contribution in [0.3, 0.4) is 0 Å². The van der Waals surface area contributed by atoms with E-state index in [4.69, 9.17) is 15.0 Å². The number of hydrogen-bond acceptors (Lipinski definition) is 5. The first-order valence-electron chi connectivity index (χ1n) is 33.7. The third-order valence-corrected chi connectivity index (χ3v) is 20.8. The van der Waals surface area contributed by atoms with E-state index in [2.05, 4.69) is 373 Å². The predicted octanol–water partition coefficient (Wildman–Crippen LogP) is 24.4. The molecule has 464 valence electrons. The first kappa shape index (κ1) is 59.0. The molecule has 0 radical (unpaired) electrons. The third-order valence-electron chi connectivity index (χ3n) is 20.8. The van der Waals surface area contributed by atoms with E-state index in [9.17, 15) is 0 Å². The summed E-state index contributed by atoms with van der Waals surface area (Å²) in [4.78, 5) is 20.5. The van der Waals surface area contributed by atoms with Gasteiger partial charge in [0.15, 0.2) is 17.5 Å². The maximum Gasteiger partial charge on any atom is 0.164 e. The summed E-state index contributed by atoms with van der Waals surface area (Å²) in [6.45, 7) is 13.9. The van der Waals surface area contributed by atoms with Crippen LogP contribution in [0.25, 0.3) is 100 Å². The molecule has 0 amide bonds. The highest BCUT2D eigenvalue weighted by atomic mass is 15.1. The fourth-order valence-electron chi connectivity index (χ4n) is 15.7. The summed E-state index contributed by atoms with van der Waals surface area (Å²) in [5, 5.41) is 4.90. The molecule has 0 bridgehead atoms. The quantitative estimate of drug-likeness (QED) is 0.137. The molecule has 3 aliphatic rings. The lowest BCUT2D eigenvalue weighted by atomic mass is 9.82. The van der Waals surface area contributed by atoms with Crippen LogP contribution in [0.15, 0.2) is 322 Å². The van der Waals surface area contributed by atoms with Gasteiger partial charge in [-0.05, 0) is 168 Å². The molecule has 0 unspecified atom stereocenters. The average molecular weight is 1250 g/mol. The van der Waals surface area contributed by atoms with Crippen LogP contribution in [0, 0.1) is 0 Å².